The molecule has 0 saturated heterocycles. The van der Waals surface area contributed by atoms with Gasteiger partial charge in [0.2, 0.25) is 0 Å². The van der Waals surface area contributed by atoms with Gasteiger partial charge in [-0.05, 0) is 74.2 Å². The van der Waals surface area contributed by atoms with Crippen LogP contribution in [0, 0.1) is 11.3 Å². The van der Waals surface area contributed by atoms with Gasteiger partial charge >= 0.3 is 11.8 Å². The van der Waals surface area contributed by atoms with Crippen molar-refractivity contribution in [2.75, 3.05) is 0 Å². The van der Waals surface area contributed by atoms with Crippen molar-refractivity contribution in [1.82, 2.24) is 15.2 Å². The van der Waals surface area contributed by atoms with Crippen LogP contribution >= 0.6 is 0 Å². The maximum absolute atomic E-state index is 13.6. The molecule has 3 aromatic carbocycles. The molecule has 10 heteroatoms. The Balaban J connectivity index is 1.52. The summed E-state index contributed by atoms with van der Waals surface area (Å²) in [7, 11) is 1.65. The van der Waals surface area contributed by atoms with Gasteiger partial charge in [-0.25, -0.2) is 9.59 Å². The highest BCUT2D eigenvalue weighted by Gasteiger charge is 2.39. The van der Waals surface area contributed by atoms with E-state index in [2.05, 4.69) is 16.7 Å². The standard InChI is InChI=1S/C31H32N4O6/c1-30(2,3)41-28(38)34-31(4,22-11-13-24(36)14-12-22)27(37)33-23(18-32)16-19-6-8-20(9-7-19)21-10-15-26-25(17-21)35(5)29(39)40-26/h6-15,17,23,36H,16H2,1-5H3,(H,33,37)(H,34,38)/t23-,31?/m0/s1. The molecule has 0 saturated carbocycles. The van der Waals surface area contributed by atoms with Crippen LogP contribution < -0.4 is 16.4 Å². The molecule has 0 aliphatic rings. The molecule has 0 aliphatic carbocycles. The van der Waals surface area contributed by atoms with Crippen molar-refractivity contribution in [2.24, 2.45) is 7.05 Å². The van der Waals surface area contributed by atoms with Gasteiger partial charge in [-0.3, -0.25) is 9.36 Å². The molecule has 2 amide bonds. The minimum Gasteiger partial charge on any atom is -0.508 e. The molecule has 10 nitrogen and oxygen atoms in total. The number of aromatic nitrogens is 1. The molecular weight excluding hydrogens is 524 g/mol. The number of oxazole rings is 1. The van der Waals surface area contributed by atoms with Crippen molar-refractivity contribution >= 4 is 23.1 Å². The first kappa shape index (κ1) is 29.0. The number of carbonyl (C=O) groups is 2. The quantitative estimate of drug-likeness (QED) is 0.304. The Morgan fingerprint density at radius 1 is 1.02 bits per heavy atom. The van der Waals surface area contributed by atoms with Gasteiger partial charge in [0.05, 0.1) is 11.6 Å². The highest BCUT2D eigenvalue weighted by molar-refractivity contribution is 5.91. The number of nitrogens with zero attached hydrogens (tertiary/aromatic N) is 2. The van der Waals surface area contributed by atoms with Crippen LogP contribution in [0.2, 0.25) is 0 Å². The van der Waals surface area contributed by atoms with Crippen LogP contribution in [0.4, 0.5) is 4.79 Å². The van der Waals surface area contributed by atoms with Gasteiger partial charge in [-0.15, -0.1) is 0 Å². The number of hydrogen-bond acceptors (Lipinski definition) is 7. The molecular formula is C31H32N4O6. The van der Waals surface area contributed by atoms with Crippen LogP contribution in [-0.4, -0.2) is 33.3 Å². The lowest BCUT2D eigenvalue weighted by Gasteiger charge is -2.32. The number of phenolic OH excluding ortho intramolecular Hbond substituents is 1. The number of aryl methyl sites for hydroxylation is 1. The number of fused-ring (bicyclic) bond motifs is 1. The van der Waals surface area contributed by atoms with Gasteiger partial charge in [0.15, 0.2) is 5.58 Å². The zero-order chi connectivity index (χ0) is 29.9. The minimum absolute atomic E-state index is 0.000792. The summed E-state index contributed by atoms with van der Waals surface area (Å²) >= 11 is 0. The van der Waals surface area contributed by atoms with E-state index in [1.54, 1.807) is 33.9 Å². The Labute approximate surface area is 237 Å². The first-order chi connectivity index (χ1) is 19.3. The van der Waals surface area contributed by atoms with Crippen LogP contribution in [0.3, 0.4) is 0 Å². The Bertz CT molecular complexity index is 1670. The zero-order valence-electron chi connectivity index (χ0n) is 23.5. The highest BCUT2D eigenvalue weighted by Crippen LogP contribution is 2.26. The monoisotopic (exact) mass is 556 g/mol. The van der Waals surface area contributed by atoms with Gasteiger partial charge in [0.1, 0.15) is 22.9 Å². The van der Waals surface area contributed by atoms with E-state index in [9.17, 15) is 24.8 Å². The molecule has 1 heterocycles. The minimum atomic E-state index is -1.60. The van der Waals surface area contributed by atoms with Crippen LogP contribution in [0.5, 0.6) is 5.75 Å². The predicted molar refractivity (Wildman–Crippen MR) is 153 cm³/mol. The number of hydrogen-bond donors (Lipinski definition) is 3. The summed E-state index contributed by atoms with van der Waals surface area (Å²) in [5, 5.41) is 24.9. The van der Waals surface area contributed by atoms with E-state index in [-0.39, 0.29) is 12.2 Å². The van der Waals surface area contributed by atoms with Gasteiger partial charge < -0.3 is 24.9 Å². The second-order valence-corrected chi connectivity index (χ2v) is 11.0. The fraction of sp³-hybridized carbons (Fsp3) is 0.290. The van der Waals surface area contributed by atoms with Crippen molar-refractivity contribution in [2.45, 2.75) is 51.3 Å². The van der Waals surface area contributed by atoms with E-state index in [1.807, 2.05) is 36.4 Å². The molecule has 1 unspecified atom stereocenters. The lowest BCUT2D eigenvalue weighted by molar-refractivity contribution is -0.127. The molecule has 2 atom stereocenters. The third-order valence-electron chi connectivity index (χ3n) is 6.63. The topological polar surface area (TPSA) is 147 Å². The summed E-state index contributed by atoms with van der Waals surface area (Å²) in [6, 6.07) is 20.1. The highest BCUT2D eigenvalue weighted by atomic mass is 16.6. The van der Waals surface area contributed by atoms with E-state index in [4.69, 9.17) is 9.15 Å². The smallest absolute Gasteiger partial charge is 0.419 e. The summed E-state index contributed by atoms with van der Waals surface area (Å²) in [5.74, 6) is -1.04. The second kappa shape index (κ2) is 11.2. The molecule has 0 aliphatic heterocycles. The molecule has 0 fully saturated rings. The van der Waals surface area contributed by atoms with Gasteiger partial charge in [-0.2, -0.15) is 5.26 Å². The SMILES string of the molecule is Cn1c(=O)oc2ccc(-c3ccc(C[C@@H](C#N)NC(=O)C(C)(NC(=O)OC(C)(C)C)c4ccc(O)cc4)cc3)cc21. The maximum Gasteiger partial charge on any atom is 0.419 e. The zero-order valence-corrected chi connectivity index (χ0v) is 23.5. The lowest BCUT2D eigenvalue weighted by atomic mass is 9.90. The van der Waals surface area contributed by atoms with Crippen LogP contribution in [0.15, 0.2) is 75.9 Å². The summed E-state index contributed by atoms with van der Waals surface area (Å²) in [5.41, 5.74) is 1.80. The van der Waals surface area contributed by atoms with E-state index in [1.165, 1.54) is 35.8 Å². The number of carbonyl (C=O) groups excluding carboxylic acids is 2. The Hall–Kier alpha value is -5.04. The molecule has 41 heavy (non-hydrogen) atoms. The fourth-order valence-corrected chi connectivity index (χ4v) is 4.37. The van der Waals surface area contributed by atoms with E-state index < -0.39 is 34.9 Å². The number of ether oxygens (including phenoxy) is 1. The van der Waals surface area contributed by atoms with Crippen LogP contribution in [-0.2, 0) is 28.5 Å². The molecule has 1 aromatic heterocycles. The van der Waals surface area contributed by atoms with Crippen molar-refractivity contribution < 1.29 is 23.8 Å². The fourth-order valence-electron chi connectivity index (χ4n) is 4.37. The normalized spacial score (nSPS) is 13.6. The lowest BCUT2D eigenvalue weighted by Crippen LogP contribution is -2.57. The molecule has 4 rings (SSSR count). The third kappa shape index (κ3) is 6.58. The number of rotatable bonds is 7. The molecule has 4 aromatic rings. The number of aromatic hydroxyl groups is 1. The third-order valence-corrected chi connectivity index (χ3v) is 6.63. The van der Waals surface area contributed by atoms with Gasteiger partial charge in [-0.1, -0.05) is 42.5 Å². The number of benzene rings is 3. The average molecular weight is 557 g/mol. The predicted octanol–water partition coefficient (Wildman–Crippen LogP) is 4.50. The first-order valence-electron chi connectivity index (χ1n) is 13.0. The number of nitriles is 1. The largest absolute Gasteiger partial charge is 0.508 e. The maximum atomic E-state index is 13.6. The number of phenols is 1. The molecule has 212 valence electrons. The van der Waals surface area contributed by atoms with Crippen molar-refractivity contribution in [3.63, 3.8) is 0 Å². The Morgan fingerprint density at radius 2 is 1.66 bits per heavy atom. The average Bonchev–Trinajstić information content (AvgIpc) is 3.20. The number of amides is 2. The Kier molecular flexibility index (Phi) is 7.92. The molecule has 0 bridgehead atoms. The van der Waals surface area contributed by atoms with Crippen LogP contribution in [0.1, 0.15) is 38.8 Å². The van der Waals surface area contributed by atoms with Crippen molar-refractivity contribution in [3.8, 4) is 22.9 Å². The van der Waals surface area contributed by atoms with E-state index >= 15 is 0 Å². The summed E-state index contributed by atoms with van der Waals surface area (Å²) < 4.78 is 12.0. The molecule has 3 N–H and O–H groups in total. The van der Waals surface area contributed by atoms with E-state index in [0.717, 1.165) is 16.7 Å². The van der Waals surface area contributed by atoms with Gasteiger partial charge in [0.25, 0.3) is 5.91 Å². The molecule has 0 spiro atoms. The van der Waals surface area contributed by atoms with Gasteiger partial charge in [0, 0.05) is 13.5 Å². The van der Waals surface area contributed by atoms with Crippen molar-refractivity contribution in [3.05, 3.63) is 88.4 Å². The summed E-state index contributed by atoms with van der Waals surface area (Å²) in [6.45, 7) is 6.63. The Morgan fingerprint density at radius 3 is 2.27 bits per heavy atom. The summed E-state index contributed by atoms with van der Waals surface area (Å²) in [4.78, 5) is 38.0. The van der Waals surface area contributed by atoms with E-state index in [0.29, 0.717) is 16.7 Å². The number of nitrogens with one attached hydrogen (secondary N) is 2. The summed E-state index contributed by atoms with van der Waals surface area (Å²) in [6.07, 6.45) is -0.586. The number of alkyl carbamates (subject to hydrolysis) is 1. The van der Waals surface area contributed by atoms with Crippen LogP contribution in [0.25, 0.3) is 22.2 Å². The van der Waals surface area contributed by atoms with Crippen molar-refractivity contribution in [1.29, 1.82) is 5.26 Å². The first-order valence-corrected chi connectivity index (χ1v) is 13.0. The second-order valence-electron chi connectivity index (χ2n) is 11.0. The molecule has 0 radical (unpaired) electrons.